The summed E-state index contributed by atoms with van der Waals surface area (Å²) in [4.78, 5) is 0. The highest BCUT2D eigenvalue weighted by Gasteiger charge is 2.10. The molecule has 1 heterocycles. The Morgan fingerprint density at radius 1 is 1.29 bits per heavy atom. The highest BCUT2D eigenvalue weighted by Crippen LogP contribution is 2.20. The minimum Gasteiger partial charge on any atom is -0.399 e. The Morgan fingerprint density at radius 2 is 2.10 bits per heavy atom. The molecule has 0 amide bonds. The summed E-state index contributed by atoms with van der Waals surface area (Å²) in [6, 6.07) is 4.26. The third-order valence-corrected chi connectivity index (χ3v) is 3.00. The second-order valence-corrected chi connectivity index (χ2v) is 5.29. The van der Waals surface area contributed by atoms with Gasteiger partial charge in [-0.3, -0.25) is 0 Å². The largest absolute Gasteiger partial charge is 0.399 e. The van der Waals surface area contributed by atoms with E-state index in [1.54, 1.807) is 10.7 Å². The molecule has 0 bridgehead atoms. The van der Waals surface area contributed by atoms with E-state index in [-0.39, 0.29) is 0 Å². The normalized spacial score (nSPS) is 11.2. The van der Waals surface area contributed by atoms with Crippen LogP contribution in [0.3, 0.4) is 0 Å². The fourth-order valence-electron chi connectivity index (χ4n) is 1.88. The molecule has 7 heteroatoms. The van der Waals surface area contributed by atoms with Crippen LogP contribution in [0.5, 0.6) is 0 Å². The zero-order chi connectivity index (χ0) is 15.2. The summed E-state index contributed by atoms with van der Waals surface area (Å²) in [6.45, 7) is 6.03. The minimum atomic E-state index is -0.410. The van der Waals surface area contributed by atoms with Crippen LogP contribution in [0.1, 0.15) is 20.3 Å². The monoisotopic (exact) mass is 293 g/mol. The molecule has 0 atom stereocenters. The quantitative estimate of drug-likeness (QED) is 0.625. The van der Waals surface area contributed by atoms with Crippen molar-refractivity contribution in [2.24, 2.45) is 5.92 Å². The van der Waals surface area contributed by atoms with E-state index < -0.39 is 5.82 Å². The Balaban J connectivity index is 1.98. The van der Waals surface area contributed by atoms with Crippen LogP contribution in [-0.2, 0) is 11.3 Å². The van der Waals surface area contributed by atoms with E-state index in [4.69, 9.17) is 10.5 Å². The summed E-state index contributed by atoms with van der Waals surface area (Å²) >= 11 is 0. The smallest absolute Gasteiger partial charge is 0.182 e. The number of benzene rings is 1. The van der Waals surface area contributed by atoms with Gasteiger partial charge in [0.25, 0.3) is 0 Å². The first kappa shape index (κ1) is 15.4. The van der Waals surface area contributed by atoms with Gasteiger partial charge in [-0.2, -0.15) is 0 Å². The third-order valence-electron chi connectivity index (χ3n) is 3.00. The lowest BCUT2D eigenvalue weighted by molar-refractivity contribution is 0.114. The minimum absolute atomic E-state index is 0.340. The number of tetrazole rings is 1. The van der Waals surface area contributed by atoms with Crippen molar-refractivity contribution in [2.75, 3.05) is 18.9 Å². The van der Waals surface area contributed by atoms with Crippen LogP contribution in [0.25, 0.3) is 11.4 Å². The number of halogens is 1. The van der Waals surface area contributed by atoms with Crippen LogP contribution in [-0.4, -0.2) is 33.4 Å². The van der Waals surface area contributed by atoms with Crippen LogP contribution in [0.4, 0.5) is 10.1 Å². The van der Waals surface area contributed by atoms with E-state index in [1.165, 1.54) is 12.1 Å². The van der Waals surface area contributed by atoms with Crippen LogP contribution >= 0.6 is 0 Å². The van der Waals surface area contributed by atoms with Gasteiger partial charge in [0.2, 0.25) is 0 Å². The molecular formula is C14H20FN5O. The van der Waals surface area contributed by atoms with Crippen molar-refractivity contribution in [3.63, 3.8) is 0 Å². The molecule has 1 aromatic heterocycles. The zero-order valence-corrected chi connectivity index (χ0v) is 12.3. The Bertz CT molecular complexity index is 564. The molecule has 0 radical (unpaired) electrons. The predicted molar refractivity (Wildman–Crippen MR) is 77.9 cm³/mol. The Labute approximate surface area is 123 Å². The molecule has 0 saturated carbocycles. The summed E-state index contributed by atoms with van der Waals surface area (Å²) in [5.74, 6) is 0.685. The zero-order valence-electron chi connectivity index (χ0n) is 12.3. The second kappa shape index (κ2) is 7.12. The average Bonchev–Trinajstić information content (AvgIpc) is 2.85. The molecule has 21 heavy (non-hydrogen) atoms. The van der Waals surface area contributed by atoms with Gasteiger partial charge < -0.3 is 10.5 Å². The maximum absolute atomic E-state index is 13.4. The number of hydrogen-bond acceptors (Lipinski definition) is 5. The van der Waals surface area contributed by atoms with E-state index in [2.05, 4.69) is 29.4 Å². The summed E-state index contributed by atoms with van der Waals surface area (Å²) in [5, 5.41) is 11.4. The number of anilines is 1. The number of rotatable bonds is 7. The van der Waals surface area contributed by atoms with Gasteiger partial charge in [-0.25, -0.2) is 9.07 Å². The maximum atomic E-state index is 13.4. The Hall–Kier alpha value is -2.02. The number of ether oxygens (including phenoxy) is 1. The first-order valence-corrected chi connectivity index (χ1v) is 6.96. The highest BCUT2D eigenvalue weighted by molar-refractivity contribution is 5.61. The van der Waals surface area contributed by atoms with E-state index in [1.807, 2.05) is 0 Å². The van der Waals surface area contributed by atoms with Crippen LogP contribution in [0, 0.1) is 11.7 Å². The Morgan fingerprint density at radius 3 is 2.81 bits per heavy atom. The van der Waals surface area contributed by atoms with Gasteiger partial charge >= 0.3 is 0 Å². The van der Waals surface area contributed by atoms with Crippen molar-refractivity contribution in [2.45, 2.75) is 26.8 Å². The van der Waals surface area contributed by atoms with Crippen LogP contribution in [0.2, 0.25) is 0 Å². The highest BCUT2D eigenvalue weighted by atomic mass is 19.1. The average molecular weight is 293 g/mol. The van der Waals surface area contributed by atoms with Crippen molar-refractivity contribution in [3.05, 3.63) is 24.0 Å². The van der Waals surface area contributed by atoms with Gasteiger partial charge in [0, 0.05) is 17.9 Å². The SMILES string of the molecule is CC(C)CCOCCn1nnnc1-c1cc(N)cc(F)c1. The first-order valence-electron chi connectivity index (χ1n) is 6.96. The molecular weight excluding hydrogens is 273 g/mol. The first-order chi connectivity index (χ1) is 10.1. The maximum Gasteiger partial charge on any atom is 0.182 e. The molecule has 0 spiro atoms. The van der Waals surface area contributed by atoms with E-state index >= 15 is 0 Å². The molecule has 114 valence electrons. The van der Waals surface area contributed by atoms with Gasteiger partial charge in [0.15, 0.2) is 5.82 Å². The lowest BCUT2D eigenvalue weighted by Crippen LogP contribution is -2.10. The molecule has 0 saturated heterocycles. The molecule has 0 aliphatic rings. The molecule has 6 nitrogen and oxygen atoms in total. The summed E-state index contributed by atoms with van der Waals surface area (Å²) < 4.78 is 20.5. The van der Waals surface area contributed by atoms with Crippen molar-refractivity contribution in [3.8, 4) is 11.4 Å². The van der Waals surface area contributed by atoms with E-state index in [0.29, 0.717) is 42.8 Å². The van der Waals surface area contributed by atoms with Crippen LogP contribution in [0.15, 0.2) is 18.2 Å². The predicted octanol–water partition coefficient (Wildman–Crippen LogP) is 2.12. The molecule has 2 rings (SSSR count). The molecule has 1 aromatic carbocycles. The number of hydrogen-bond donors (Lipinski definition) is 1. The standard InChI is InChI=1S/C14H20FN5O/c1-10(2)3-5-21-6-4-20-14(17-18-19-20)11-7-12(15)9-13(16)8-11/h7-10H,3-6,16H2,1-2H3. The van der Waals surface area contributed by atoms with Crippen molar-refractivity contribution < 1.29 is 9.13 Å². The van der Waals surface area contributed by atoms with Gasteiger partial charge in [-0.05, 0) is 41.0 Å². The third kappa shape index (κ3) is 4.49. The Kier molecular flexibility index (Phi) is 5.21. The van der Waals surface area contributed by atoms with Gasteiger partial charge in [0.1, 0.15) is 5.82 Å². The van der Waals surface area contributed by atoms with Gasteiger partial charge in [-0.1, -0.05) is 13.8 Å². The lowest BCUT2D eigenvalue weighted by Gasteiger charge is -2.08. The van der Waals surface area contributed by atoms with Crippen LogP contribution < -0.4 is 5.73 Å². The number of nitrogens with zero attached hydrogens (tertiary/aromatic N) is 4. The number of aromatic nitrogens is 4. The summed E-state index contributed by atoms with van der Waals surface area (Å²) in [5.41, 5.74) is 6.54. The molecule has 0 fully saturated rings. The fraction of sp³-hybridized carbons (Fsp3) is 0.500. The van der Waals surface area contributed by atoms with Crippen molar-refractivity contribution in [1.82, 2.24) is 20.2 Å². The van der Waals surface area contributed by atoms with E-state index in [0.717, 1.165) is 6.42 Å². The topological polar surface area (TPSA) is 78.8 Å². The van der Waals surface area contributed by atoms with Crippen molar-refractivity contribution in [1.29, 1.82) is 0 Å². The van der Waals surface area contributed by atoms with Crippen molar-refractivity contribution >= 4 is 5.69 Å². The molecule has 0 aliphatic carbocycles. The van der Waals surface area contributed by atoms with E-state index in [9.17, 15) is 4.39 Å². The van der Waals surface area contributed by atoms with Gasteiger partial charge in [0.05, 0.1) is 13.2 Å². The number of nitrogen functional groups attached to an aromatic ring is 1. The molecule has 2 aromatic rings. The molecule has 2 N–H and O–H groups in total. The summed E-state index contributed by atoms with van der Waals surface area (Å²) in [6.07, 6.45) is 1.02. The van der Waals surface area contributed by atoms with Gasteiger partial charge in [-0.15, -0.1) is 5.10 Å². The molecule has 0 unspecified atom stereocenters. The lowest BCUT2D eigenvalue weighted by atomic mass is 10.1. The number of nitrogens with two attached hydrogens (primary N) is 1. The fourth-order valence-corrected chi connectivity index (χ4v) is 1.88. The summed E-state index contributed by atoms with van der Waals surface area (Å²) in [7, 11) is 0. The second-order valence-electron chi connectivity index (χ2n) is 5.29. The molecule has 0 aliphatic heterocycles.